The van der Waals surface area contributed by atoms with Gasteiger partial charge in [-0.05, 0) is 25.0 Å². The van der Waals surface area contributed by atoms with Crippen molar-refractivity contribution in [1.29, 1.82) is 0 Å². The van der Waals surface area contributed by atoms with Crippen LogP contribution in [0.25, 0.3) is 16.5 Å². The maximum atomic E-state index is 13.5. The first-order valence-corrected chi connectivity index (χ1v) is 9.77. The molecule has 0 aliphatic rings. The maximum Gasteiger partial charge on any atom is 0.195 e. The van der Waals surface area contributed by atoms with Crippen LogP contribution in [0.4, 0.5) is 0 Å². The first-order chi connectivity index (χ1) is 13.3. The van der Waals surface area contributed by atoms with Gasteiger partial charge in [0.05, 0.1) is 0 Å². The van der Waals surface area contributed by atoms with E-state index in [0.29, 0.717) is 0 Å². The molecule has 0 aliphatic carbocycles. The molecule has 2 nitrogen and oxygen atoms in total. The Bertz CT molecular complexity index is 960. The molecule has 3 aromatic rings. The third kappa shape index (κ3) is 4.28. The summed E-state index contributed by atoms with van der Waals surface area (Å²) in [7, 11) is 0. The topological polar surface area (TPSA) is 22.0 Å². The molecule has 0 N–H and O–H groups in total. The number of aryl methyl sites for hydroxylation is 1. The second-order valence-electron chi connectivity index (χ2n) is 6.76. The molecule has 0 unspecified atom stereocenters. The molecule has 0 atom stereocenters. The van der Waals surface area contributed by atoms with Crippen molar-refractivity contribution in [2.75, 3.05) is 0 Å². The summed E-state index contributed by atoms with van der Waals surface area (Å²) in [4.78, 5) is 13.5. The summed E-state index contributed by atoms with van der Waals surface area (Å²) in [5.41, 5.74) is 3.59. The van der Waals surface area contributed by atoms with E-state index in [4.69, 9.17) is 0 Å². The van der Waals surface area contributed by atoms with Gasteiger partial charge in [-0.3, -0.25) is 4.79 Å². The normalized spacial score (nSPS) is 12.1. The van der Waals surface area contributed by atoms with Crippen LogP contribution in [0, 0.1) is 0 Å². The molecule has 3 rings (SSSR count). The van der Waals surface area contributed by atoms with Crippen molar-refractivity contribution < 1.29 is 4.79 Å². The highest BCUT2D eigenvalue weighted by atomic mass is 16.1. The Labute approximate surface area is 161 Å². The Balaban J connectivity index is 2.05. The van der Waals surface area contributed by atoms with Crippen LogP contribution in [0.1, 0.15) is 49.0 Å². The van der Waals surface area contributed by atoms with Gasteiger partial charge in [0.2, 0.25) is 0 Å². The lowest BCUT2D eigenvalue weighted by Gasteiger charge is -2.06. The van der Waals surface area contributed by atoms with E-state index in [1.165, 1.54) is 12.8 Å². The number of unbranched alkanes of at least 4 members (excludes halogenated alkanes) is 2. The van der Waals surface area contributed by atoms with Crippen LogP contribution >= 0.6 is 0 Å². The first-order valence-electron chi connectivity index (χ1n) is 9.77. The van der Waals surface area contributed by atoms with Gasteiger partial charge in [0.15, 0.2) is 5.78 Å². The number of benzene rings is 2. The minimum absolute atomic E-state index is 0.0738. The number of fused-ring (bicyclic) bond motifs is 1. The molecule has 0 saturated heterocycles. The van der Waals surface area contributed by atoms with Gasteiger partial charge in [-0.15, -0.1) is 0 Å². The summed E-state index contributed by atoms with van der Waals surface area (Å²) in [5, 5.41) is 1.03. The third-order valence-electron chi connectivity index (χ3n) is 4.82. The molecule has 0 saturated carbocycles. The molecule has 0 amide bonds. The van der Waals surface area contributed by atoms with Crippen molar-refractivity contribution in [3.8, 4) is 0 Å². The zero-order chi connectivity index (χ0) is 19.1. The van der Waals surface area contributed by atoms with E-state index >= 15 is 0 Å². The summed E-state index contributed by atoms with van der Waals surface area (Å²) in [6.07, 6.45) is 11.4. The number of aromatic nitrogens is 1. The minimum Gasteiger partial charge on any atom is -0.347 e. The standard InChI is InChI=1S/C25H27NO/c1-3-5-12-18-26-19-23(22-16-10-11-17-24(22)26)25(27)21(15-6-4-2)20-13-8-7-9-14-20/h4,6-11,13-17,19H,3,5,12,18H2,1-2H3/b6-4-,21-15+. The van der Waals surface area contributed by atoms with Crippen molar-refractivity contribution in [2.24, 2.45) is 0 Å². The van der Waals surface area contributed by atoms with E-state index in [0.717, 1.165) is 40.6 Å². The Hall–Kier alpha value is -2.87. The number of nitrogens with zero attached hydrogens (tertiary/aromatic N) is 1. The quantitative estimate of drug-likeness (QED) is 0.191. The summed E-state index contributed by atoms with van der Waals surface area (Å²) < 4.78 is 2.23. The largest absolute Gasteiger partial charge is 0.347 e. The van der Waals surface area contributed by atoms with Crippen LogP contribution < -0.4 is 0 Å². The highest BCUT2D eigenvalue weighted by Gasteiger charge is 2.19. The lowest BCUT2D eigenvalue weighted by atomic mass is 9.96. The number of hydrogen-bond acceptors (Lipinski definition) is 1. The number of carbonyl (C=O) groups is 1. The smallest absolute Gasteiger partial charge is 0.195 e. The van der Waals surface area contributed by atoms with Crippen LogP contribution in [0.5, 0.6) is 0 Å². The Morgan fingerprint density at radius 3 is 2.48 bits per heavy atom. The van der Waals surface area contributed by atoms with Gasteiger partial charge in [-0.25, -0.2) is 0 Å². The Morgan fingerprint density at radius 2 is 1.74 bits per heavy atom. The lowest BCUT2D eigenvalue weighted by Crippen LogP contribution is -2.03. The first kappa shape index (κ1) is 18.9. The van der Waals surface area contributed by atoms with E-state index in [-0.39, 0.29) is 5.78 Å². The number of para-hydroxylation sites is 1. The van der Waals surface area contributed by atoms with E-state index in [9.17, 15) is 4.79 Å². The summed E-state index contributed by atoms with van der Waals surface area (Å²) >= 11 is 0. The number of rotatable bonds is 8. The molecule has 2 heteroatoms. The lowest BCUT2D eigenvalue weighted by molar-refractivity contribution is 0.105. The molecule has 2 aromatic carbocycles. The monoisotopic (exact) mass is 357 g/mol. The molecular weight excluding hydrogens is 330 g/mol. The second-order valence-corrected chi connectivity index (χ2v) is 6.76. The van der Waals surface area contributed by atoms with Crippen LogP contribution in [0.3, 0.4) is 0 Å². The van der Waals surface area contributed by atoms with Crippen molar-refractivity contribution in [3.05, 3.63) is 90.1 Å². The molecule has 0 bridgehead atoms. The highest BCUT2D eigenvalue weighted by Crippen LogP contribution is 2.28. The Kier molecular flexibility index (Phi) is 6.43. The van der Waals surface area contributed by atoms with E-state index in [2.05, 4.69) is 23.6 Å². The molecular formula is C25H27NO. The molecule has 138 valence electrons. The fourth-order valence-electron chi connectivity index (χ4n) is 3.40. The van der Waals surface area contributed by atoms with Gasteiger partial charge < -0.3 is 4.57 Å². The predicted octanol–water partition coefficient (Wildman–Crippen LogP) is 6.67. The number of ketones is 1. The van der Waals surface area contributed by atoms with Gasteiger partial charge in [-0.2, -0.15) is 0 Å². The fourth-order valence-corrected chi connectivity index (χ4v) is 3.40. The predicted molar refractivity (Wildman–Crippen MR) is 115 cm³/mol. The van der Waals surface area contributed by atoms with Crippen molar-refractivity contribution in [2.45, 2.75) is 39.7 Å². The molecule has 0 aliphatic heterocycles. The zero-order valence-corrected chi connectivity index (χ0v) is 16.2. The van der Waals surface area contributed by atoms with Crippen molar-refractivity contribution >= 4 is 22.3 Å². The van der Waals surface area contributed by atoms with Gasteiger partial charge in [0, 0.05) is 34.8 Å². The molecule has 1 heterocycles. The summed E-state index contributed by atoms with van der Waals surface area (Å²) in [6, 6.07) is 18.1. The average molecular weight is 357 g/mol. The molecule has 1 aromatic heterocycles. The van der Waals surface area contributed by atoms with E-state index in [1.807, 2.05) is 73.8 Å². The van der Waals surface area contributed by atoms with Crippen LogP contribution in [0.15, 0.2) is 79.0 Å². The minimum atomic E-state index is 0.0738. The fraction of sp³-hybridized carbons (Fsp3) is 0.240. The van der Waals surface area contributed by atoms with Gasteiger partial charge in [0.25, 0.3) is 0 Å². The second kappa shape index (κ2) is 9.18. The number of allylic oxidation sites excluding steroid dienone is 4. The zero-order valence-electron chi connectivity index (χ0n) is 16.2. The highest BCUT2D eigenvalue weighted by molar-refractivity contribution is 6.32. The van der Waals surface area contributed by atoms with Gasteiger partial charge >= 0.3 is 0 Å². The Morgan fingerprint density at radius 1 is 1.00 bits per heavy atom. The van der Waals surface area contributed by atoms with Crippen LogP contribution in [0.2, 0.25) is 0 Å². The molecule has 0 radical (unpaired) electrons. The van der Waals surface area contributed by atoms with Crippen LogP contribution in [-0.4, -0.2) is 10.4 Å². The molecule has 27 heavy (non-hydrogen) atoms. The average Bonchev–Trinajstić information content (AvgIpc) is 3.08. The van der Waals surface area contributed by atoms with Gasteiger partial charge in [-0.1, -0.05) is 86.5 Å². The number of hydrogen-bond donors (Lipinski definition) is 0. The van der Waals surface area contributed by atoms with Crippen molar-refractivity contribution in [1.82, 2.24) is 4.57 Å². The van der Waals surface area contributed by atoms with E-state index in [1.54, 1.807) is 0 Å². The van der Waals surface area contributed by atoms with Crippen LogP contribution in [-0.2, 0) is 6.54 Å². The van der Waals surface area contributed by atoms with Gasteiger partial charge in [0.1, 0.15) is 0 Å². The molecule has 0 spiro atoms. The summed E-state index contributed by atoms with van der Waals surface area (Å²) in [6.45, 7) is 5.12. The maximum absolute atomic E-state index is 13.5. The third-order valence-corrected chi connectivity index (χ3v) is 4.82. The number of Topliss-reactive ketones (excluding diaryl/α,β-unsaturated/α-hetero) is 1. The van der Waals surface area contributed by atoms with Crippen molar-refractivity contribution in [3.63, 3.8) is 0 Å². The SMILES string of the molecule is C/C=C\C=C(\C(=O)c1cn(CCCCC)c2ccccc12)c1ccccc1. The van der Waals surface area contributed by atoms with E-state index < -0.39 is 0 Å². The summed E-state index contributed by atoms with van der Waals surface area (Å²) in [5.74, 6) is 0.0738. The molecule has 0 fully saturated rings. The number of carbonyl (C=O) groups excluding carboxylic acids is 1.